The lowest BCUT2D eigenvalue weighted by molar-refractivity contribution is -0.264. The van der Waals surface area contributed by atoms with Crippen LogP contribution in [0.5, 0.6) is 11.5 Å². The summed E-state index contributed by atoms with van der Waals surface area (Å²) in [6.07, 6.45) is 2.94. The van der Waals surface area contributed by atoms with E-state index in [4.69, 9.17) is 4.74 Å². The van der Waals surface area contributed by atoms with Crippen molar-refractivity contribution in [3.8, 4) is 11.5 Å². The van der Waals surface area contributed by atoms with Crippen LogP contribution in [0.4, 0.5) is 4.48 Å². The van der Waals surface area contributed by atoms with Crippen molar-refractivity contribution in [2.24, 2.45) is 33.0 Å². The Morgan fingerprint density at radius 1 is 0.627 bits per heavy atom. The molecule has 0 saturated carbocycles. The number of benzene rings is 2. The zero-order chi connectivity index (χ0) is 40.0. The predicted octanol–water partition coefficient (Wildman–Crippen LogP) is 14.1. The van der Waals surface area contributed by atoms with E-state index >= 15 is 4.48 Å². The van der Waals surface area contributed by atoms with Crippen molar-refractivity contribution < 1.29 is 14.3 Å². The first-order valence-corrected chi connectivity index (χ1v) is 19.7. The first-order valence-electron chi connectivity index (χ1n) is 19.7. The van der Waals surface area contributed by atoms with Gasteiger partial charge in [0.2, 0.25) is 0 Å². The molecule has 0 fully saturated rings. The van der Waals surface area contributed by atoms with Gasteiger partial charge in [-0.25, -0.2) is 0 Å². The van der Waals surface area contributed by atoms with Crippen LogP contribution in [-0.4, -0.2) is 27.4 Å². The maximum absolute atomic E-state index is 18.2. The van der Waals surface area contributed by atoms with Crippen molar-refractivity contribution in [2.45, 2.75) is 193 Å². The fraction of sp³-hybridized carbons (Fsp3) is 0.745. The second-order valence-corrected chi connectivity index (χ2v) is 21.2. The summed E-state index contributed by atoms with van der Waals surface area (Å²) in [5.74, 6) is 1.56. The van der Waals surface area contributed by atoms with E-state index < -0.39 is 21.9 Å². The molecule has 292 valence electrons. The normalized spacial score (nSPS) is 16.4. The lowest BCUT2D eigenvalue weighted by atomic mass is 9.42. The molecule has 1 N–H and O–H groups in total. The van der Waals surface area contributed by atoms with Gasteiger partial charge in [-0.3, -0.25) is 0 Å². The van der Waals surface area contributed by atoms with Crippen molar-refractivity contribution in [1.82, 2.24) is 5.12 Å². The van der Waals surface area contributed by atoms with Crippen LogP contribution < -0.4 is 4.74 Å². The van der Waals surface area contributed by atoms with Gasteiger partial charge >= 0.3 is 0 Å². The van der Waals surface area contributed by atoms with Crippen LogP contribution in [0.3, 0.4) is 0 Å². The maximum atomic E-state index is 18.2. The standard InChI is InChI=1S/C47H80FNO2/c1-22-34(4)51-38-29-25-35(26-30-38)39(5,6)32-40(7,8)47(21,31-33(2)3)46(19,20)49(48)45(17,18)44(15,16)43(13,14)42(11,12)41(9,10)36-23-27-37(50)28-24-36/h23-30,33-34,50H,22,31-32H2,1-21H3. The maximum Gasteiger partial charge on any atom is 0.119 e. The summed E-state index contributed by atoms with van der Waals surface area (Å²) >= 11 is 0. The Balaban J connectivity index is 2.63. The largest absolute Gasteiger partial charge is 0.508 e. The Hall–Kier alpha value is -2.07. The van der Waals surface area contributed by atoms with Crippen LogP contribution >= 0.6 is 0 Å². The third-order valence-corrected chi connectivity index (χ3v) is 15.9. The van der Waals surface area contributed by atoms with Gasteiger partial charge in [0.25, 0.3) is 0 Å². The van der Waals surface area contributed by atoms with E-state index in [9.17, 15) is 5.11 Å². The minimum absolute atomic E-state index is 0.144. The van der Waals surface area contributed by atoms with E-state index in [-0.39, 0.29) is 38.9 Å². The highest BCUT2D eigenvalue weighted by molar-refractivity contribution is 5.34. The number of nitrogens with zero attached hydrogens (tertiary/aromatic N) is 1. The number of ether oxygens (including phenoxy) is 1. The number of hydrogen-bond donors (Lipinski definition) is 1. The SMILES string of the molecule is CCC(C)Oc1ccc(C(C)(C)CC(C)(C)C(C)(CC(C)C)C(C)(C)N(F)C(C)(C)C(C)(C)C(C)(C)C(C)(C)C(C)(C)c2ccc(O)cc2)cc1. The number of hydrogen-bond acceptors (Lipinski definition) is 3. The summed E-state index contributed by atoms with van der Waals surface area (Å²) in [6.45, 7) is 47.6. The quantitative estimate of drug-likeness (QED) is 0.166. The first-order chi connectivity index (χ1) is 22.7. The summed E-state index contributed by atoms with van der Waals surface area (Å²) in [5, 5.41) is 11.3. The van der Waals surface area contributed by atoms with E-state index in [1.807, 2.05) is 12.1 Å². The highest BCUT2D eigenvalue weighted by Crippen LogP contribution is 2.66. The van der Waals surface area contributed by atoms with Gasteiger partial charge in [-0.2, -0.15) is 0 Å². The molecule has 0 saturated heterocycles. The molecule has 3 nitrogen and oxygen atoms in total. The lowest BCUT2D eigenvalue weighted by Crippen LogP contribution is -2.70. The Bertz CT molecular complexity index is 1430. The van der Waals surface area contributed by atoms with Gasteiger partial charge in [-0.1, -0.05) is 135 Å². The number of aromatic hydroxyl groups is 1. The third kappa shape index (κ3) is 7.93. The lowest BCUT2D eigenvalue weighted by Gasteiger charge is -2.67. The minimum Gasteiger partial charge on any atom is -0.508 e. The number of phenolic OH excluding ortho intramolecular Hbond substituents is 1. The van der Waals surface area contributed by atoms with Gasteiger partial charge in [0.1, 0.15) is 11.5 Å². The molecule has 0 heterocycles. The molecule has 4 heteroatoms. The molecule has 2 unspecified atom stereocenters. The molecule has 51 heavy (non-hydrogen) atoms. The van der Waals surface area contributed by atoms with Crippen LogP contribution in [0.1, 0.15) is 176 Å². The molecule has 2 aromatic carbocycles. The molecule has 2 atom stereocenters. The van der Waals surface area contributed by atoms with Crippen LogP contribution in [-0.2, 0) is 10.8 Å². The van der Waals surface area contributed by atoms with Gasteiger partial charge in [-0.05, 0) is 133 Å². The topological polar surface area (TPSA) is 32.7 Å². The fourth-order valence-corrected chi connectivity index (χ4v) is 9.60. The summed E-state index contributed by atoms with van der Waals surface area (Å²) in [6, 6.07) is 16.3. The van der Waals surface area contributed by atoms with Gasteiger partial charge in [-0.15, -0.1) is 9.60 Å². The zero-order valence-electron chi connectivity index (χ0n) is 37.1. The van der Waals surface area contributed by atoms with Crippen molar-refractivity contribution in [3.63, 3.8) is 0 Å². The van der Waals surface area contributed by atoms with E-state index in [1.54, 1.807) is 12.1 Å². The van der Waals surface area contributed by atoms with E-state index in [2.05, 4.69) is 170 Å². The Morgan fingerprint density at radius 3 is 1.51 bits per heavy atom. The molecular weight excluding hydrogens is 630 g/mol. The van der Waals surface area contributed by atoms with Gasteiger partial charge in [0.05, 0.1) is 17.2 Å². The van der Waals surface area contributed by atoms with Crippen molar-refractivity contribution in [2.75, 3.05) is 0 Å². The van der Waals surface area contributed by atoms with E-state index in [0.29, 0.717) is 5.92 Å². The van der Waals surface area contributed by atoms with Crippen LogP contribution in [0.15, 0.2) is 48.5 Å². The Morgan fingerprint density at radius 2 is 1.08 bits per heavy atom. The van der Waals surface area contributed by atoms with Gasteiger partial charge in [0, 0.05) is 0 Å². The minimum atomic E-state index is -0.850. The molecule has 0 aliphatic rings. The van der Waals surface area contributed by atoms with E-state index in [1.165, 1.54) is 10.7 Å². The van der Waals surface area contributed by atoms with Crippen molar-refractivity contribution in [1.29, 1.82) is 0 Å². The van der Waals surface area contributed by atoms with Crippen molar-refractivity contribution in [3.05, 3.63) is 59.7 Å². The molecule has 0 spiro atoms. The summed E-state index contributed by atoms with van der Waals surface area (Å²) in [7, 11) is 0. The second-order valence-electron chi connectivity index (χ2n) is 21.2. The summed E-state index contributed by atoms with van der Waals surface area (Å²) in [5.41, 5.74) is -1.41. The molecule has 0 bridgehead atoms. The monoisotopic (exact) mass is 710 g/mol. The number of phenols is 1. The van der Waals surface area contributed by atoms with Gasteiger partial charge in [0.15, 0.2) is 0 Å². The Kier molecular flexibility index (Phi) is 12.9. The summed E-state index contributed by atoms with van der Waals surface area (Å²) in [4.78, 5) is 0. The molecule has 0 aromatic heterocycles. The average Bonchev–Trinajstić information content (AvgIpc) is 2.99. The Labute approximate surface area is 315 Å². The van der Waals surface area contributed by atoms with Crippen LogP contribution in [0, 0.1) is 33.0 Å². The molecule has 0 amide bonds. The number of rotatable bonds is 17. The summed E-state index contributed by atoms with van der Waals surface area (Å²) < 4.78 is 24.3. The average molecular weight is 710 g/mol. The molecular formula is C47H80FNO2. The number of halogens is 1. The molecule has 0 radical (unpaired) electrons. The highest BCUT2D eigenvalue weighted by Gasteiger charge is 2.65. The van der Waals surface area contributed by atoms with Gasteiger partial charge < -0.3 is 9.84 Å². The van der Waals surface area contributed by atoms with E-state index in [0.717, 1.165) is 30.6 Å². The molecule has 2 aromatic rings. The zero-order valence-corrected chi connectivity index (χ0v) is 37.1. The fourth-order valence-electron chi connectivity index (χ4n) is 9.60. The smallest absolute Gasteiger partial charge is 0.119 e. The molecule has 0 aliphatic heterocycles. The first kappa shape index (κ1) is 45.1. The third-order valence-electron chi connectivity index (χ3n) is 15.9. The predicted molar refractivity (Wildman–Crippen MR) is 219 cm³/mol. The molecule has 2 rings (SSSR count). The molecule has 0 aliphatic carbocycles. The highest BCUT2D eigenvalue weighted by atomic mass is 19.2. The van der Waals surface area contributed by atoms with Crippen LogP contribution in [0.2, 0.25) is 0 Å². The second kappa shape index (κ2) is 14.6. The van der Waals surface area contributed by atoms with Crippen molar-refractivity contribution >= 4 is 0 Å². The van der Waals surface area contributed by atoms with Crippen LogP contribution in [0.25, 0.3) is 0 Å².